The maximum atomic E-state index is 5.46. The third-order valence-corrected chi connectivity index (χ3v) is 6.34. The van der Waals surface area contributed by atoms with Gasteiger partial charge >= 0.3 is 0 Å². The van der Waals surface area contributed by atoms with Crippen LogP contribution in [0.2, 0.25) is 0 Å². The Kier molecular flexibility index (Phi) is 7.64. The van der Waals surface area contributed by atoms with Crippen molar-refractivity contribution in [1.29, 1.82) is 0 Å². The molecule has 0 radical (unpaired) electrons. The fourth-order valence-electron chi connectivity index (χ4n) is 4.50. The highest BCUT2D eigenvalue weighted by Gasteiger charge is 2.20. The SMILES string of the molecule is c1coc(CCNC(=NCC2CCN(c3ccncc3)CC2)NC2CCCCC2)c1. The monoisotopic (exact) mass is 409 g/mol. The fraction of sp³-hybridized carbons (Fsp3) is 0.583. The standard InChI is InChI=1S/C24H35N5O/c1-2-5-21(6-3-1)28-24(26-15-10-23-7-4-18-30-23)27-19-20-11-16-29(17-12-20)22-8-13-25-14-9-22/h4,7-9,13-14,18,20-21H,1-3,5-6,10-12,15-17,19H2,(H2,26,27,28). The molecule has 162 valence electrons. The van der Waals surface area contributed by atoms with Crippen LogP contribution in [0.1, 0.15) is 50.7 Å². The van der Waals surface area contributed by atoms with E-state index in [1.54, 1.807) is 6.26 Å². The zero-order valence-corrected chi connectivity index (χ0v) is 17.9. The summed E-state index contributed by atoms with van der Waals surface area (Å²) in [6, 6.07) is 8.75. The molecule has 3 heterocycles. The molecule has 0 atom stereocenters. The second-order valence-electron chi connectivity index (χ2n) is 8.56. The Labute approximate surface area is 180 Å². The van der Waals surface area contributed by atoms with Crippen LogP contribution in [0.25, 0.3) is 0 Å². The van der Waals surface area contributed by atoms with Crippen LogP contribution in [-0.2, 0) is 6.42 Å². The van der Waals surface area contributed by atoms with Crippen LogP contribution in [-0.4, -0.2) is 43.2 Å². The minimum Gasteiger partial charge on any atom is -0.469 e. The number of aromatic nitrogens is 1. The van der Waals surface area contributed by atoms with Crippen LogP contribution < -0.4 is 15.5 Å². The molecule has 2 aliphatic rings. The number of rotatable bonds is 7. The van der Waals surface area contributed by atoms with E-state index in [9.17, 15) is 0 Å². The first kappa shape index (κ1) is 20.8. The zero-order valence-electron chi connectivity index (χ0n) is 17.9. The van der Waals surface area contributed by atoms with E-state index in [4.69, 9.17) is 9.41 Å². The Morgan fingerprint density at radius 1 is 1.07 bits per heavy atom. The summed E-state index contributed by atoms with van der Waals surface area (Å²) in [6.45, 7) is 3.93. The summed E-state index contributed by atoms with van der Waals surface area (Å²) in [4.78, 5) is 11.6. The number of aliphatic imine (C=N–C) groups is 1. The van der Waals surface area contributed by atoms with Crippen molar-refractivity contribution in [3.63, 3.8) is 0 Å². The molecule has 1 aliphatic carbocycles. The van der Waals surface area contributed by atoms with Crippen LogP contribution >= 0.6 is 0 Å². The van der Waals surface area contributed by atoms with Crippen molar-refractivity contribution >= 4 is 11.6 Å². The molecule has 0 unspecified atom stereocenters. The van der Waals surface area contributed by atoms with E-state index >= 15 is 0 Å². The predicted octanol–water partition coefficient (Wildman–Crippen LogP) is 4.00. The van der Waals surface area contributed by atoms with E-state index in [0.717, 1.165) is 44.3 Å². The van der Waals surface area contributed by atoms with E-state index in [1.165, 1.54) is 50.6 Å². The van der Waals surface area contributed by atoms with Crippen LogP contribution in [0, 0.1) is 5.92 Å². The molecule has 1 aliphatic heterocycles. The number of anilines is 1. The van der Waals surface area contributed by atoms with Gasteiger partial charge in [0.15, 0.2) is 5.96 Å². The van der Waals surface area contributed by atoms with E-state index in [2.05, 4.69) is 32.7 Å². The van der Waals surface area contributed by atoms with E-state index < -0.39 is 0 Å². The summed E-state index contributed by atoms with van der Waals surface area (Å²) in [5.41, 5.74) is 1.28. The minimum atomic E-state index is 0.558. The second kappa shape index (κ2) is 11.0. The molecule has 0 spiro atoms. The van der Waals surface area contributed by atoms with Crippen LogP contribution in [0.4, 0.5) is 5.69 Å². The molecule has 6 nitrogen and oxygen atoms in total. The highest BCUT2D eigenvalue weighted by atomic mass is 16.3. The minimum absolute atomic E-state index is 0.558. The molecule has 0 aromatic carbocycles. The van der Waals surface area contributed by atoms with E-state index in [-0.39, 0.29) is 0 Å². The molecule has 4 rings (SSSR count). The Balaban J connectivity index is 1.28. The summed E-state index contributed by atoms with van der Waals surface area (Å²) in [5, 5.41) is 7.24. The third kappa shape index (κ3) is 6.25. The molecule has 6 heteroatoms. The number of nitrogens with one attached hydrogen (secondary N) is 2. The quantitative estimate of drug-likeness (QED) is 0.534. The lowest BCUT2D eigenvalue weighted by atomic mass is 9.95. The molecule has 2 N–H and O–H groups in total. The highest BCUT2D eigenvalue weighted by Crippen LogP contribution is 2.23. The zero-order chi connectivity index (χ0) is 20.4. The Bertz CT molecular complexity index is 747. The summed E-state index contributed by atoms with van der Waals surface area (Å²) >= 11 is 0. The van der Waals surface area contributed by atoms with Crippen molar-refractivity contribution in [3.8, 4) is 0 Å². The van der Waals surface area contributed by atoms with Crippen molar-refractivity contribution in [2.75, 3.05) is 31.1 Å². The summed E-state index contributed by atoms with van der Waals surface area (Å²) < 4.78 is 5.46. The molecular weight excluding hydrogens is 374 g/mol. The van der Waals surface area contributed by atoms with Gasteiger partial charge in [-0.1, -0.05) is 19.3 Å². The Morgan fingerprint density at radius 3 is 2.60 bits per heavy atom. The topological polar surface area (TPSA) is 65.7 Å². The maximum absolute atomic E-state index is 5.46. The van der Waals surface area contributed by atoms with Crippen molar-refractivity contribution in [2.24, 2.45) is 10.9 Å². The predicted molar refractivity (Wildman–Crippen MR) is 122 cm³/mol. The van der Waals surface area contributed by atoms with Gasteiger partial charge in [0.1, 0.15) is 5.76 Å². The third-order valence-electron chi connectivity index (χ3n) is 6.34. The van der Waals surface area contributed by atoms with Crippen molar-refractivity contribution < 1.29 is 4.42 Å². The number of guanidine groups is 1. The molecule has 2 aromatic heterocycles. The molecule has 0 bridgehead atoms. The second-order valence-corrected chi connectivity index (χ2v) is 8.56. The first-order valence-corrected chi connectivity index (χ1v) is 11.6. The van der Waals surface area contributed by atoms with Gasteiger partial charge < -0.3 is 20.0 Å². The number of nitrogens with zero attached hydrogens (tertiary/aromatic N) is 3. The maximum Gasteiger partial charge on any atom is 0.191 e. The lowest BCUT2D eigenvalue weighted by Crippen LogP contribution is -2.45. The van der Waals surface area contributed by atoms with Crippen molar-refractivity contribution in [1.82, 2.24) is 15.6 Å². The van der Waals surface area contributed by atoms with Gasteiger partial charge in [-0.25, -0.2) is 0 Å². The lowest BCUT2D eigenvalue weighted by molar-refractivity contribution is 0.402. The number of piperidine rings is 1. The number of furan rings is 1. The van der Waals surface area contributed by atoms with Gasteiger partial charge in [0, 0.05) is 56.7 Å². The van der Waals surface area contributed by atoms with Gasteiger partial charge in [0.25, 0.3) is 0 Å². The summed E-state index contributed by atoms with van der Waals surface area (Å²) in [5.74, 6) is 2.64. The van der Waals surface area contributed by atoms with Crippen LogP contribution in [0.5, 0.6) is 0 Å². The number of hydrogen-bond donors (Lipinski definition) is 2. The van der Waals surface area contributed by atoms with Crippen molar-refractivity contribution in [3.05, 3.63) is 48.7 Å². The van der Waals surface area contributed by atoms with Gasteiger partial charge in [-0.2, -0.15) is 0 Å². The van der Waals surface area contributed by atoms with Gasteiger partial charge in [0.2, 0.25) is 0 Å². The van der Waals surface area contributed by atoms with Gasteiger partial charge in [-0.3, -0.25) is 9.98 Å². The molecular formula is C24H35N5O. The molecule has 1 saturated carbocycles. The highest BCUT2D eigenvalue weighted by molar-refractivity contribution is 5.80. The molecule has 2 fully saturated rings. The van der Waals surface area contributed by atoms with Crippen LogP contribution in [0.3, 0.4) is 0 Å². The van der Waals surface area contributed by atoms with Crippen molar-refractivity contribution in [2.45, 2.75) is 57.4 Å². The molecule has 1 saturated heterocycles. The summed E-state index contributed by atoms with van der Waals surface area (Å²) in [7, 11) is 0. The first-order chi connectivity index (χ1) is 14.9. The van der Waals surface area contributed by atoms with Crippen LogP contribution in [0.15, 0.2) is 52.3 Å². The summed E-state index contributed by atoms with van der Waals surface area (Å²) in [6.07, 6.45) is 15.3. The first-order valence-electron chi connectivity index (χ1n) is 11.6. The number of hydrogen-bond acceptors (Lipinski definition) is 4. The molecule has 30 heavy (non-hydrogen) atoms. The molecule has 0 amide bonds. The fourth-order valence-corrected chi connectivity index (χ4v) is 4.50. The average Bonchev–Trinajstić information content (AvgIpc) is 3.33. The molecule has 2 aromatic rings. The van der Waals surface area contributed by atoms with E-state index in [1.807, 2.05) is 24.5 Å². The van der Waals surface area contributed by atoms with Gasteiger partial charge in [-0.15, -0.1) is 0 Å². The Hall–Kier alpha value is -2.50. The Morgan fingerprint density at radius 2 is 1.87 bits per heavy atom. The van der Waals surface area contributed by atoms with Gasteiger partial charge in [0.05, 0.1) is 6.26 Å². The number of pyridine rings is 1. The van der Waals surface area contributed by atoms with E-state index in [0.29, 0.717) is 12.0 Å². The normalized spacial score (nSPS) is 19.1. The van der Waals surface area contributed by atoms with Gasteiger partial charge in [-0.05, 0) is 55.9 Å². The smallest absolute Gasteiger partial charge is 0.191 e. The average molecular weight is 410 g/mol. The lowest BCUT2D eigenvalue weighted by Gasteiger charge is -2.33. The largest absolute Gasteiger partial charge is 0.469 e.